The molecule has 0 bridgehead atoms. The molecule has 110 valence electrons. The number of nitrogens with zero attached hydrogens (tertiary/aromatic N) is 4. The van der Waals surface area contributed by atoms with E-state index in [4.69, 9.17) is 9.47 Å². The molecule has 0 aliphatic carbocycles. The van der Waals surface area contributed by atoms with E-state index in [1.165, 1.54) is 0 Å². The zero-order chi connectivity index (χ0) is 14.2. The molecule has 0 aliphatic heterocycles. The lowest BCUT2D eigenvalue weighted by molar-refractivity contribution is -0.730. The van der Waals surface area contributed by atoms with E-state index in [9.17, 15) is 0 Å². The fourth-order valence-corrected chi connectivity index (χ4v) is 2.18. The van der Waals surface area contributed by atoms with Crippen LogP contribution < -0.4 is 9.13 Å². The summed E-state index contributed by atoms with van der Waals surface area (Å²) >= 11 is 0. The molecule has 0 atom stereocenters. The minimum atomic E-state index is 0.607. The molecule has 6 heteroatoms. The van der Waals surface area contributed by atoms with Crippen LogP contribution in [0.2, 0.25) is 0 Å². The number of hydrogen-bond donors (Lipinski definition) is 0. The highest BCUT2D eigenvalue weighted by Gasteiger charge is 2.05. The second-order valence-corrected chi connectivity index (χ2v) is 4.87. The smallest absolute Gasteiger partial charge is 0.245 e. The molecule has 0 spiro atoms. The molecule has 0 aromatic carbocycles. The van der Waals surface area contributed by atoms with E-state index in [0.717, 1.165) is 25.9 Å². The summed E-state index contributed by atoms with van der Waals surface area (Å²) in [4.78, 5) is 0. The largest absolute Gasteiger partial charge is 0.345 e. The third-order valence-electron chi connectivity index (χ3n) is 3.13. The summed E-state index contributed by atoms with van der Waals surface area (Å²) in [6.45, 7) is 3.29. The molecule has 0 amide bonds. The van der Waals surface area contributed by atoms with Gasteiger partial charge in [-0.15, -0.1) is 0 Å². The van der Waals surface area contributed by atoms with E-state index in [1.54, 1.807) is 14.2 Å². The predicted molar refractivity (Wildman–Crippen MR) is 72.5 cm³/mol. The van der Waals surface area contributed by atoms with Gasteiger partial charge in [-0.3, -0.25) is 0 Å². The van der Waals surface area contributed by atoms with E-state index < -0.39 is 0 Å². The normalized spacial score (nSPS) is 11.1. The van der Waals surface area contributed by atoms with Crippen LogP contribution in [0.5, 0.6) is 0 Å². The van der Waals surface area contributed by atoms with Gasteiger partial charge in [0.05, 0.1) is 13.1 Å². The standard InChI is InChI=1S/C14H24N4O2/c1-19-13-17-9-7-15(11-17)5-3-4-6-16-8-10-18(12-16)14-20-2/h7-12H,3-6,13-14H2,1-2H3/q+2. The zero-order valence-corrected chi connectivity index (χ0v) is 12.3. The van der Waals surface area contributed by atoms with Crippen molar-refractivity contribution in [2.24, 2.45) is 0 Å². The Hall–Kier alpha value is -1.66. The van der Waals surface area contributed by atoms with E-state index in [2.05, 4.69) is 34.2 Å². The van der Waals surface area contributed by atoms with E-state index >= 15 is 0 Å². The fourth-order valence-electron chi connectivity index (χ4n) is 2.18. The number of methoxy groups -OCH3 is 2. The van der Waals surface area contributed by atoms with Crippen LogP contribution in [-0.4, -0.2) is 23.4 Å². The molecular weight excluding hydrogens is 256 g/mol. The highest BCUT2D eigenvalue weighted by molar-refractivity contribution is 4.68. The van der Waals surface area contributed by atoms with Crippen LogP contribution in [0.25, 0.3) is 0 Å². The van der Waals surface area contributed by atoms with Gasteiger partial charge < -0.3 is 9.47 Å². The van der Waals surface area contributed by atoms with Gasteiger partial charge in [-0.25, -0.2) is 18.3 Å². The van der Waals surface area contributed by atoms with Crippen molar-refractivity contribution in [3.63, 3.8) is 0 Å². The van der Waals surface area contributed by atoms with Gasteiger partial charge in [0, 0.05) is 14.2 Å². The van der Waals surface area contributed by atoms with E-state index in [-0.39, 0.29) is 0 Å². The molecule has 0 radical (unpaired) electrons. The van der Waals surface area contributed by atoms with E-state index in [0.29, 0.717) is 13.5 Å². The van der Waals surface area contributed by atoms with Crippen molar-refractivity contribution in [3.05, 3.63) is 37.4 Å². The minimum absolute atomic E-state index is 0.607. The third-order valence-corrected chi connectivity index (χ3v) is 3.13. The van der Waals surface area contributed by atoms with Crippen LogP contribution in [-0.2, 0) is 36.0 Å². The number of aromatic nitrogens is 4. The molecule has 6 nitrogen and oxygen atoms in total. The topological polar surface area (TPSA) is 36.1 Å². The average Bonchev–Trinajstić information content (AvgIpc) is 3.06. The lowest BCUT2D eigenvalue weighted by Crippen LogP contribution is -2.31. The summed E-state index contributed by atoms with van der Waals surface area (Å²) in [6.07, 6.45) is 14.7. The van der Waals surface area contributed by atoms with E-state index in [1.807, 2.05) is 21.5 Å². The number of rotatable bonds is 9. The summed E-state index contributed by atoms with van der Waals surface area (Å²) in [7, 11) is 3.41. The first-order valence-electron chi connectivity index (χ1n) is 6.89. The van der Waals surface area contributed by atoms with Gasteiger partial charge in [0.15, 0.2) is 13.5 Å². The Bertz CT molecular complexity index is 461. The summed E-state index contributed by atoms with van der Waals surface area (Å²) < 4.78 is 18.6. The number of imidazole rings is 2. The third kappa shape index (κ3) is 4.47. The zero-order valence-electron chi connectivity index (χ0n) is 12.3. The average molecular weight is 280 g/mol. The molecule has 20 heavy (non-hydrogen) atoms. The highest BCUT2D eigenvalue weighted by Crippen LogP contribution is 1.98. The molecule has 0 aliphatic rings. The van der Waals surface area contributed by atoms with Crippen molar-refractivity contribution in [2.75, 3.05) is 14.2 Å². The first kappa shape index (κ1) is 14.7. The molecule has 0 fully saturated rings. The van der Waals surface area contributed by atoms with Crippen LogP contribution in [0.15, 0.2) is 37.4 Å². The number of aryl methyl sites for hydroxylation is 2. The molecule has 0 saturated carbocycles. The molecule has 2 rings (SSSR count). The van der Waals surface area contributed by atoms with Crippen LogP contribution in [0, 0.1) is 0 Å². The predicted octanol–water partition coefficient (Wildman–Crippen LogP) is 0.553. The maximum Gasteiger partial charge on any atom is 0.245 e. The Kier molecular flexibility index (Phi) is 5.76. The second kappa shape index (κ2) is 7.81. The molecule has 2 heterocycles. The quantitative estimate of drug-likeness (QED) is 0.497. The summed E-state index contributed by atoms with van der Waals surface area (Å²) in [5.41, 5.74) is 0. The maximum absolute atomic E-state index is 5.08. The second-order valence-electron chi connectivity index (χ2n) is 4.87. The van der Waals surface area contributed by atoms with Gasteiger partial charge >= 0.3 is 0 Å². The van der Waals surface area contributed by atoms with Crippen LogP contribution in [0.4, 0.5) is 0 Å². The van der Waals surface area contributed by atoms with Gasteiger partial charge in [0.2, 0.25) is 12.7 Å². The van der Waals surface area contributed by atoms with Crippen molar-refractivity contribution in [2.45, 2.75) is 39.4 Å². The lowest BCUT2D eigenvalue weighted by atomic mass is 10.3. The van der Waals surface area contributed by atoms with Crippen molar-refractivity contribution >= 4 is 0 Å². The Morgan fingerprint density at radius 2 is 1.25 bits per heavy atom. The van der Waals surface area contributed by atoms with Crippen LogP contribution in [0.1, 0.15) is 12.8 Å². The summed E-state index contributed by atoms with van der Waals surface area (Å²) in [5, 5.41) is 0. The SMILES string of the molecule is COC[n+]1ccn(CCCCn2cc[n+](COC)c2)c1. The Morgan fingerprint density at radius 3 is 1.65 bits per heavy atom. The maximum atomic E-state index is 5.08. The monoisotopic (exact) mass is 280 g/mol. The molecule has 2 aromatic rings. The Labute approximate surface area is 119 Å². The van der Waals surface area contributed by atoms with Crippen LogP contribution >= 0.6 is 0 Å². The molecule has 0 saturated heterocycles. The Morgan fingerprint density at radius 1 is 0.800 bits per heavy atom. The van der Waals surface area contributed by atoms with Crippen molar-refractivity contribution in [1.29, 1.82) is 0 Å². The number of unbranched alkanes of at least 4 members (excludes halogenated alkanes) is 1. The first-order chi connectivity index (χ1) is 9.81. The van der Waals surface area contributed by atoms with Gasteiger partial charge in [0.25, 0.3) is 0 Å². The van der Waals surface area contributed by atoms with Crippen molar-refractivity contribution in [3.8, 4) is 0 Å². The molecule has 0 N–H and O–H groups in total. The first-order valence-corrected chi connectivity index (χ1v) is 6.89. The number of ether oxygens (including phenoxy) is 2. The van der Waals surface area contributed by atoms with Crippen molar-refractivity contribution < 1.29 is 18.6 Å². The molecule has 0 unspecified atom stereocenters. The minimum Gasteiger partial charge on any atom is -0.345 e. The van der Waals surface area contributed by atoms with Gasteiger partial charge in [-0.05, 0) is 12.8 Å². The van der Waals surface area contributed by atoms with Crippen LogP contribution in [0.3, 0.4) is 0 Å². The van der Waals surface area contributed by atoms with Gasteiger partial charge in [-0.1, -0.05) is 0 Å². The van der Waals surface area contributed by atoms with Gasteiger partial charge in [-0.2, -0.15) is 0 Å². The summed E-state index contributed by atoms with van der Waals surface area (Å²) in [5.74, 6) is 0. The van der Waals surface area contributed by atoms with Crippen molar-refractivity contribution in [1.82, 2.24) is 9.13 Å². The highest BCUT2D eigenvalue weighted by atomic mass is 16.5. The summed E-state index contributed by atoms with van der Waals surface area (Å²) in [6, 6.07) is 0. The number of hydrogen-bond acceptors (Lipinski definition) is 2. The molecular formula is C14H24N4O2+2. The van der Waals surface area contributed by atoms with Gasteiger partial charge in [0.1, 0.15) is 24.8 Å². The lowest BCUT2D eigenvalue weighted by Gasteiger charge is -1.97. The molecule has 2 aromatic heterocycles. The Balaban J connectivity index is 1.67. The fraction of sp³-hybridized carbons (Fsp3) is 0.571.